The molecule has 5 heterocycles. The second-order valence-corrected chi connectivity index (χ2v) is 10.2. The summed E-state index contributed by atoms with van der Waals surface area (Å²) in [5.74, 6) is 3.31. The zero-order chi connectivity index (χ0) is 21.7. The number of hydrogen-bond acceptors (Lipinski definition) is 7. The average Bonchev–Trinajstić information content (AvgIpc) is 3.55. The largest absolute Gasteiger partial charge is 0.355 e. The van der Waals surface area contributed by atoms with Crippen molar-refractivity contribution in [2.75, 3.05) is 18.0 Å². The molecule has 0 N–H and O–H groups in total. The van der Waals surface area contributed by atoms with E-state index in [2.05, 4.69) is 38.5 Å². The highest BCUT2D eigenvalue weighted by molar-refractivity contribution is 7.19. The van der Waals surface area contributed by atoms with Gasteiger partial charge in [-0.3, -0.25) is 4.98 Å². The van der Waals surface area contributed by atoms with E-state index in [4.69, 9.17) is 9.97 Å². The molecule has 4 aromatic heterocycles. The van der Waals surface area contributed by atoms with E-state index in [-0.39, 0.29) is 0 Å². The van der Waals surface area contributed by atoms with Gasteiger partial charge in [0, 0.05) is 47.9 Å². The van der Waals surface area contributed by atoms with Crippen LogP contribution in [-0.2, 0) is 12.8 Å². The number of fused-ring (bicyclic) bond motifs is 3. The molecule has 1 saturated heterocycles. The van der Waals surface area contributed by atoms with Crippen LogP contribution in [0.1, 0.15) is 61.3 Å². The molecule has 1 aliphatic heterocycles. The van der Waals surface area contributed by atoms with E-state index in [9.17, 15) is 0 Å². The number of pyridine rings is 1. The zero-order valence-corrected chi connectivity index (χ0v) is 19.3. The molecular weight excluding hydrogens is 418 g/mol. The minimum atomic E-state index is 0.354. The summed E-state index contributed by atoms with van der Waals surface area (Å²) in [5, 5.41) is 10.0. The number of hydrogen-bond donors (Lipinski definition) is 0. The van der Waals surface area contributed by atoms with Gasteiger partial charge in [-0.2, -0.15) is 0 Å². The first-order valence-corrected chi connectivity index (χ1v) is 12.4. The molecule has 4 aromatic rings. The van der Waals surface area contributed by atoms with E-state index in [1.54, 1.807) is 6.20 Å². The van der Waals surface area contributed by atoms with Crippen LogP contribution >= 0.6 is 11.3 Å². The maximum absolute atomic E-state index is 5.16. The fourth-order valence-corrected chi connectivity index (χ4v) is 6.41. The summed E-state index contributed by atoms with van der Waals surface area (Å²) >= 11 is 1.85. The molecular formula is C24H27N7S. The highest BCUT2D eigenvalue weighted by atomic mass is 32.1. The maximum Gasteiger partial charge on any atom is 0.164 e. The van der Waals surface area contributed by atoms with Crippen LogP contribution in [0.15, 0.2) is 30.9 Å². The van der Waals surface area contributed by atoms with Gasteiger partial charge in [-0.1, -0.05) is 0 Å². The number of aromatic nitrogens is 6. The van der Waals surface area contributed by atoms with Gasteiger partial charge < -0.3 is 9.47 Å². The Labute approximate surface area is 191 Å². The topological polar surface area (TPSA) is 72.6 Å². The molecule has 32 heavy (non-hydrogen) atoms. The fourth-order valence-electron chi connectivity index (χ4n) is 5.15. The Balaban J connectivity index is 1.45. The van der Waals surface area contributed by atoms with Crippen molar-refractivity contribution in [3.63, 3.8) is 0 Å². The average molecular weight is 446 g/mol. The Hall–Kier alpha value is -2.87. The van der Waals surface area contributed by atoms with Crippen molar-refractivity contribution in [1.82, 2.24) is 29.7 Å². The number of aryl methyl sites for hydroxylation is 2. The lowest BCUT2D eigenvalue weighted by molar-refractivity contribution is 0.453. The van der Waals surface area contributed by atoms with E-state index >= 15 is 0 Å². The number of nitrogens with zero attached hydrogens (tertiary/aromatic N) is 7. The molecule has 0 radical (unpaired) electrons. The predicted octanol–water partition coefficient (Wildman–Crippen LogP) is 4.80. The molecule has 0 spiro atoms. The van der Waals surface area contributed by atoms with Crippen molar-refractivity contribution in [3.8, 4) is 11.4 Å². The van der Waals surface area contributed by atoms with E-state index in [1.807, 2.05) is 36.0 Å². The highest BCUT2D eigenvalue weighted by Gasteiger charge is 2.30. The number of rotatable bonds is 4. The SMILES string of the molecule is CC(C)n1cnnc1C1CCCN(c2nc(-c3cccnc3)nc3sc4c(c23)CCC4)C1. The van der Waals surface area contributed by atoms with Gasteiger partial charge in [0.2, 0.25) is 0 Å². The van der Waals surface area contributed by atoms with E-state index in [0.717, 1.165) is 66.6 Å². The van der Waals surface area contributed by atoms with Crippen molar-refractivity contribution in [1.29, 1.82) is 0 Å². The highest BCUT2D eigenvalue weighted by Crippen LogP contribution is 2.42. The molecule has 0 bridgehead atoms. The summed E-state index contributed by atoms with van der Waals surface area (Å²) in [4.78, 5) is 19.5. The van der Waals surface area contributed by atoms with Crippen LogP contribution in [0.2, 0.25) is 0 Å². The van der Waals surface area contributed by atoms with Gasteiger partial charge in [0.1, 0.15) is 22.8 Å². The summed E-state index contributed by atoms with van der Waals surface area (Å²) in [6.07, 6.45) is 11.3. The number of piperidine rings is 1. The number of anilines is 1. The van der Waals surface area contributed by atoms with Crippen molar-refractivity contribution in [2.45, 2.75) is 57.9 Å². The van der Waals surface area contributed by atoms with Gasteiger partial charge >= 0.3 is 0 Å². The molecule has 1 atom stereocenters. The summed E-state index contributed by atoms with van der Waals surface area (Å²) < 4.78 is 2.22. The van der Waals surface area contributed by atoms with Crippen molar-refractivity contribution in [2.24, 2.45) is 0 Å². The Morgan fingerprint density at radius 2 is 2.09 bits per heavy atom. The maximum atomic E-state index is 5.16. The van der Waals surface area contributed by atoms with E-state index < -0.39 is 0 Å². The standard InChI is InChI=1S/C24H27N7S/c1-15(2)31-14-26-29-22(31)17-7-5-11-30(13-17)23-20-18-8-3-9-19(18)32-24(20)28-21(27-23)16-6-4-10-25-12-16/h4,6,10,12,14-15,17H,3,5,7-9,11,13H2,1-2H3. The van der Waals surface area contributed by atoms with Gasteiger partial charge in [-0.15, -0.1) is 21.5 Å². The molecule has 1 unspecified atom stereocenters. The molecule has 1 aliphatic carbocycles. The predicted molar refractivity (Wildman–Crippen MR) is 127 cm³/mol. The molecule has 0 amide bonds. The van der Waals surface area contributed by atoms with E-state index in [0.29, 0.717) is 12.0 Å². The van der Waals surface area contributed by atoms with Gasteiger partial charge in [-0.25, -0.2) is 9.97 Å². The van der Waals surface area contributed by atoms with Crippen molar-refractivity contribution >= 4 is 27.4 Å². The normalized spacial score (nSPS) is 18.6. The third-order valence-electron chi connectivity index (χ3n) is 6.71. The second kappa shape index (κ2) is 7.92. The first kappa shape index (κ1) is 19.8. The van der Waals surface area contributed by atoms with Gasteiger partial charge in [-0.05, 0) is 63.6 Å². The molecule has 0 saturated carbocycles. The Kier molecular flexibility index (Phi) is 4.90. The van der Waals surface area contributed by atoms with Crippen LogP contribution in [-0.4, -0.2) is 42.8 Å². The van der Waals surface area contributed by atoms with Crippen LogP contribution in [0, 0.1) is 0 Å². The van der Waals surface area contributed by atoms with Crippen LogP contribution in [0.4, 0.5) is 5.82 Å². The Bertz CT molecular complexity index is 1260. The third-order valence-corrected chi connectivity index (χ3v) is 7.89. The number of thiophene rings is 1. The summed E-state index contributed by atoms with van der Waals surface area (Å²) in [6.45, 7) is 6.30. The lowest BCUT2D eigenvalue weighted by Crippen LogP contribution is -2.36. The van der Waals surface area contributed by atoms with Crippen molar-refractivity contribution in [3.05, 3.63) is 47.1 Å². The summed E-state index contributed by atoms with van der Waals surface area (Å²) in [5.41, 5.74) is 2.45. The third kappa shape index (κ3) is 3.28. The quantitative estimate of drug-likeness (QED) is 0.449. The molecule has 6 rings (SSSR count). The van der Waals surface area contributed by atoms with Crippen molar-refractivity contribution < 1.29 is 0 Å². The lowest BCUT2D eigenvalue weighted by Gasteiger charge is -2.34. The summed E-state index contributed by atoms with van der Waals surface area (Å²) in [7, 11) is 0. The molecule has 0 aromatic carbocycles. The van der Waals surface area contributed by atoms with Crippen LogP contribution in [0.5, 0.6) is 0 Å². The van der Waals surface area contributed by atoms with Crippen LogP contribution in [0.25, 0.3) is 21.6 Å². The molecule has 7 nitrogen and oxygen atoms in total. The first-order chi connectivity index (χ1) is 15.7. The Morgan fingerprint density at radius 3 is 2.94 bits per heavy atom. The second-order valence-electron chi connectivity index (χ2n) is 9.13. The molecule has 8 heteroatoms. The van der Waals surface area contributed by atoms with Gasteiger partial charge in [0.05, 0.1) is 5.39 Å². The first-order valence-electron chi connectivity index (χ1n) is 11.6. The zero-order valence-electron chi connectivity index (χ0n) is 18.5. The monoisotopic (exact) mass is 445 g/mol. The van der Waals surface area contributed by atoms with E-state index in [1.165, 1.54) is 22.2 Å². The van der Waals surface area contributed by atoms with Crippen LogP contribution < -0.4 is 4.90 Å². The smallest absolute Gasteiger partial charge is 0.164 e. The minimum absolute atomic E-state index is 0.354. The molecule has 2 aliphatic rings. The lowest BCUT2D eigenvalue weighted by atomic mass is 9.96. The minimum Gasteiger partial charge on any atom is -0.355 e. The summed E-state index contributed by atoms with van der Waals surface area (Å²) in [6, 6.07) is 4.36. The molecule has 164 valence electrons. The van der Waals surface area contributed by atoms with Gasteiger partial charge in [0.25, 0.3) is 0 Å². The van der Waals surface area contributed by atoms with Crippen LogP contribution in [0.3, 0.4) is 0 Å². The fraction of sp³-hybridized carbons (Fsp3) is 0.458. The van der Waals surface area contributed by atoms with Gasteiger partial charge in [0.15, 0.2) is 5.82 Å². The Morgan fingerprint density at radius 1 is 1.16 bits per heavy atom. The molecule has 1 fully saturated rings.